The van der Waals surface area contributed by atoms with Crippen LogP contribution in [0.1, 0.15) is 72.6 Å². The summed E-state index contributed by atoms with van der Waals surface area (Å²) < 4.78 is 5.80. The van der Waals surface area contributed by atoms with Gasteiger partial charge in [-0.25, -0.2) is 0 Å². The summed E-state index contributed by atoms with van der Waals surface area (Å²) in [6.07, 6.45) is 9.75. The van der Waals surface area contributed by atoms with E-state index in [9.17, 15) is 10.0 Å². The lowest BCUT2D eigenvalue weighted by molar-refractivity contribution is -0.156. The van der Waals surface area contributed by atoms with Crippen molar-refractivity contribution in [3.05, 3.63) is 52.3 Å². The summed E-state index contributed by atoms with van der Waals surface area (Å²) in [5.41, 5.74) is 4.27. The van der Waals surface area contributed by atoms with E-state index in [1.807, 2.05) is 0 Å². The zero-order valence-electron chi connectivity index (χ0n) is 19.1. The fourth-order valence-corrected chi connectivity index (χ4v) is 6.43. The van der Waals surface area contributed by atoms with Crippen molar-refractivity contribution >= 4 is 11.7 Å². The minimum Gasteiger partial charge on any atom is -0.733 e. The molecule has 3 aliphatic rings. The molecule has 0 amide bonds. The van der Waals surface area contributed by atoms with Crippen LogP contribution in [-0.2, 0) is 4.79 Å². The first-order chi connectivity index (χ1) is 14.6. The van der Waals surface area contributed by atoms with Gasteiger partial charge >= 0.3 is 5.97 Å². The molecule has 0 heterocycles. The summed E-state index contributed by atoms with van der Waals surface area (Å²) in [5, 5.41) is 19.8. The van der Waals surface area contributed by atoms with E-state index in [-0.39, 0.29) is 28.2 Å². The molecular formula is C26H34NO4-. The van der Waals surface area contributed by atoms with Gasteiger partial charge in [0.25, 0.3) is 0 Å². The highest BCUT2D eigenvalue weighted by molar-refractivity contribution is 5.80. The molecule has 1 aromatic rings. The Labute approximate surface area is 185 Å². The third kappa shape index (κ3) is 3.83. The Kier molecular flexibility index (Phi) is 5.78. The van der Waals surface area contributed by atoms with Crippen molar-refractivity contribution in [3.63, 3.8) is 0 Å². The van der Waals surface area contributed by atoms with E-state index in [1.165, 1.54) is 17.7 Å². The van der Waals surface area contributed by atoms with Gasteiger partial charge in [-0.15, -0.1) is 0 Å². The van der Waals surface area contributed by atoms with Gasteiger partial charge in [-0.1, -0.05) is 44.4 Å². The summed E-state index contributed by atoms with van der Waals surface area (Å²) in [5.74, 6) is 1.08. The maximum atomic E-state index is 13.4. The summed E-state index contributed by atoms with van der Waals surface area (Å²) in [6, 6.07) is 6.00. The molecule has 0 aromatic heterocycles. The van der Waals surface area contributed by atoms with Gasteiger partial charge in [0, 0.05) is 0 Å². The Balaban J connectivity index is 1.59. The lowest BCUT2D eigenvalue weighted by Crippen LogP contribution is -2.52. The summed E-state index contributed by atoms with van der Waals surface area (Å²) in [6.45, 7) is 9.02. The number of esters is 1. The third-order valence-electron chi connectivity index (χ3n) is 8.21. The van der Waals surface area contributed by atoms with Crippen molar-refractivity contribution in [2.45, 2.75) is 72.6 Å². The second-order valence-corrected chi connectivity index (χ2v) is 10.3. The molecule has 1 N–H and O–H groups in total. The van der Waals surface area contributed by atoms with E-state index < -0.39 is 5.41 Å². The SMILES string of the molecule is CC(C)C1=CC2=C(CC1)[C@@]1(C)CCC[C@@](C)(C(=O)Oc3ccc(N([O-])O)cc3)[C@@H]1CC2. The molecule has 1 fully saturated rings. The van der Waals surface area contributed by atoms with E-state index in [0.717, 1.165) is 44.9 Å². The van der Waals surface area contributed by atoms with Crippen LogP contribution in [0.5, 0.6) is 5.75 Å². The largest absolute Gasteiger partial charge is 0.733 e. The number of anilines is 1. The fourth-order valence-electron chi connectivity index (χ4n) is 6.43. The van der Waals surface area contributed by atoms with Crippen LogP contribution in [-0.4, -0.2) is 11.2 Å². The summed E-state index contributed by atoms with van der Waals surface area (Å²) in [7, 11) is 0. The van der Waals surface area contributed by atoms with Crippen LogP contribution >= 0.6 is 0 Å². The minimum absolute atomic E-state index is 0.0441. The second kappa shape index (κ2) is 8.10. The van der Waals surface area contributed by atoms with E-state index >= 15 is 0 Å². The number of carbonyl (C=O) groups excluding carboxylic acids is 1. The van der Waals surface area contributed by atoms with Gasteiger partial charge in [0.2, 0.25) is 0 Å². The number of hydrogen-bond donors (Lipinski definition) is 1. The Morgan fingerprint density at radius 2 is 1.87 bits per heavy atom. The van der Waals surface area contributed by atoms with Gasteiger partial charge in [0.15, 0.2) is 0 Å². The lowest BCUT2D eigenvalue weighted by atomic mass is 9.48. The summed E-state index contributed by atoms with van der Waals surface area (Å²) >= 11 is 0. The topological polar surface area (TPSA) is 72.8 Å². The molecule has 1 saturated carbocycles. The fraction of sp³-hybridized carbons (Fsp3) is 0.577. The van der Waals surface area contributed by atoms with Crippen LogP contribution in [0, 0.1) is 27.9 Å². The number of allylic oxidation sites excluding steroid dienone is 4. The van der Waals surface area contributed by atoms with Crippen LogP contribution < -0.4 is 9.96 Å². The molecule has 3 aliphatic carbocycles. The zero-order valence-corrected chi connectivity index (χ0v) is 19.1. The molecule has 0 spiro atoms. The molecule has 1 aromatic carbocycles. The molecule has 0 saturated heterocycles. The molecule has 5 heteroatoms. The average molecular weight is 425 g/mol. The van der Waals surface area contributed by atoms with Crippen molar-refractivity contribution in [1.29, 1.82) is 0 Å². The highest BCUT2D eigenvalue weighted by atomic mass is 16.8. The van der Waals surface area contributed by atoms with Crippen molar-refractivity contribution in [2.75, 3.05) is 5.23 Å². The molecule has 0 radical (unpaired) electrons. The van der Waals surface area contributed by atoms with Gasteiger partial charge in [0.05, 0.1) is 11.1 Å². The highest BCUT2D eigenvalue weighted by Crippen LogP contribution is 2.61. The van der Waals surface area contributed by atoms with E-state index in [4.69, 9.17) is 9.94 Å². The third-order valence-corrected chi connectivity index (χ3v) is 8.21. The van der Waals surface area contributed by atoms with Gasteiger partial charge in [-0.3, -0.25) is 10.0 Å². The quantitative estimate of drug-likeness (QED) is 0.336. The summed E-state index contributed by atoms with van der Waals surface area (Å²) in [4.78, 5) is 13.4. The molecule has 4 rings (SSSR count). The van der Waals surface area contributed by atoms with Crippen molar-refractivity contribution in [2.24, 2.45) is 22.7 Å². The number of benzene rings is 1. The van der Waals surface area contributed by atoms with Crippen LogP contribution in [0.3, 0.4) is 0 Å². The molecular weight excluding hydrogens is 390 g/mol. The molecule has 0 bridgehead atoms. The van der Waals surface area contributed by atoms with Crippen LogP contribution in [0.15, 0.2) is 47.1 Å². The van der Waals surface area contributed by atoms with Gasteiger partial charge < -0.3 is 15.2 Å². The first kappa shape index (κ1) is 22.1. The molecule has 5 nitrogen and oxygen atoms in total. The normalized spacial score (nSPS) is 30.4. The predicted octanol–water partition coefficient (Wildman–Crippen LogP) is 6.56. The first-order valence-corrected chi connectivity index (χ1v) is 11.6. The van der Waals surface area contributed by atoms with E-state index in [1.54, 1.807) is 23.3 Å². The molecule has 3 atom stereocenters. The average Bonchev–Trinajstić information content (AvgIpc) is 2.73. The van der Waals surface area contributed by atoms with Crippen molar-refractivity contribution in [3.8, 4) is 5.75 Å². The second-order valence-electron chi connectivity index (χ2n) is 10.3. The van der Waals surface area contributed by atoms with Crippen LogP contribution in [0.25, 0.3) is 0 Å². The maximum absolute atomic E-state index is 13.4. The number of fused-ring (bicyclic) bond motifs is 2. The predicted molar refractivity (Wildman–Crippen MR) is 122 cm³/mol. The Hall–Kier alpha value is -2.11. The standard InChI is InChI=1S/C26H34NO4/c1-17(2)18-6-12-22-19(16-18)7-13-23-25(22,3)14-5-15-26(23,4)24(28)31-21-10-8-20(9-11-21)27(29)30/h8-11,16-17,23,29H,5-7,12-15H2,1-4H3/q-1/t23-,25-,26-/m1/s1. The smallest absolute Gasteiger partial charge is 0.317 e. The van der Waals surface area contributed by atoms with E-state index in [2.05, 4.69) is 33.8 Å². The maximum Gasteiger partial charge on any atom is 0.317 e. The van der Waals surface area contributed by atoms with Crippen molar-refractivity contribution < 1.29 is 14.7 Å². The highest BCUT2D eigenvalue weighted by Gasteiger charge is 2.56. The molecule has 0 unspecified atom stereocenters. The van der Waals surface area contributed by atoms with Gasteiger partial charge in [0.1, 0.15) is 5.75 Å². The number of rotatable bonds is 4. The van der Waals surface area contributed by atoms with Gasteiger partial charge in [-0.2, -0.15) is 0 Å². The zero-order chi connectivity index (χ0) is 22.4. The Morgan fingerprint density at radius 1 is 1.16 bits per heavy atom. The first-order valence-electron chi connectivity index (χ1n) is 11.6. The Bertz CT molecular complexity index is 914. The van der Waals surface area contributed by atoms with Crippen LogP contribution in [0.2, 0.25) is 0 Å². The molecule has 0 aliphatic heterocycles. The van der Waals surface area contributed by atoms with Gasteiger partial charge in [-0.05, 0) is 92.5 Å². The van der Waals surface area contributed by atoms with Crippen molar-refractivity contribution in [1.82, 2.24) is 0 Å². The lowest BCUT2D eigenvalue weighted by Gasteiger charge is -2.55. The molecule has 168 valence electrons. The monoisotopic (exact) mass is 424 g/mol. The van der Waals surface area contributed by atoms with Crippen LogP contribution in [0.4, 0.5) is 5.69 Å². The molecule has 31 heavy (non-hydrogen) atoms. The number of nitrogens with zero attached hydrogens (tertiary/aromatic N) is 1. The number of ether oxygens (including phenoxy) is 1. The minimum atomic E-state index is -0.534. The Morgan fingerprint density at radius 3 is 2.52 bits per heavy atom. The number of carbonyl (C=O) groups is 1. The number of hydrogen-bond acceptors (Lipinski definition) is 5. The van der Waals surface area contributed by atoms with E-state index in [0.29, 0.717) is 11.7 Å².